The van der Waals surface area contributed by atoms with E-state index in [1.165, 1.54) is 4.90 Å². The molecule has 1 aromatic carbocycles. The van der Waals surface area contributed by atoms with Crippen molar-refractivity contribution in [3.05, 3.63) is 23.8 Å². The van der Waals surface area contributed by atoms with Crippen LogP contribution < -0.4 is 11.1 Å². The van der Waals surface area contributed by atoms with E-state index in [2.05, 4.69) is 5.32 Å². The van der Waals surface area contributed by atoms with Crippen LogP contribution in [0.15, 0.2) is 18.2 Å². The van der Waals surface area contributed by atoms with E-state index in [-0.39, 0.29) is 5.91 Å². The first kappa shape index (κ1) is 10.4. The topological polar surface area (TPSA) is 58.4 Å². The van der Waals surface area contributed by atoms with E-state index in [0.717, 1.165) is 5.69 Å². The highest BCUT2D eigenvalue weighted by Gasteiger charge is 2.08. The minimum absolute atomic E-state index is 0.0423. The second-order valence-electron chi connectivity index (χ2n) is 3.25. The molecule has 1 amide bonds. The number of anilines is 2. The first-order valence-electron chi connectivity index (χ1n) is 4.35. The van der Waals surface area contributed by atoms with E-state index in [0.29, 0.717) is 11.3 Å². The highest BCUT2D eigenvalue weighted by atomic mass is 16.2. The summed E-state index contributed by atoms with van der Waals surface area (Å²) in [5.41, 5.74) is 7.76. The van der Waals surface area contributed by atoms with Crippen molar-refractivity contribution in [1.82, 2.24) is 4.90 Å². The predicted octanol–water partition coefficient (Wildman–Crippen LogP) is 1.01. The van der Waals surface area contributed by atoms with Gasteiger partial charge < -0.3 is 16.0 Å². The molecule has 3 N–H and O–H groups in total. The van der Waals surface area contributed by atoms with Gasteiger partial charge in [0.05, 0.1) is 11.4 Å². The molecule has 0 heterocycles. The molecule has 0 unspecified atom stereocenters. The fourth-order valence-corrected chi connectivity index (χ4v) is 1.18. The number of hydrogen-bond donors (Lipinski definition) is 2. The van der Waals surface area contributed by atoms with Crippen LogP contribution in [0.5, 0.6) is 0 Å². The van der Waals surface area contributed by atoms with Gasteiger partial charge in [-0.05, 0) is 18.2 Å². The van der Waals surface area contributed by atoms with Gasteiger partial charge in [0.25, 0.3) is 5.91 Å². The minimum atomic E-state index is -0.0423. The van der Waals surface area contributed by atoms with Gasteiger partial charge in [-0.1, -0.05) is 0 Å². The molecule has 1 rings (SSSR count). The van der Waals surface area contributed by atoms with Crippen molar-refractivity contribution in [3.63, 3.8) is 0 Å². The van der Waals surface area contributed by atoms with Crippen LogP contribution in [0.3, 0.4) is 0 Å². The zero-order valence-electron chi connectivity index (χ0n) is 8.66. The monoisotopic (exact) mass is 193 g/mol. The summed E-state index contributed by atoms with van der Waals surface area (Å²) < 4.78 is 0. The molecular weight excluding hydrogens is 178 g/mol. The summed E-state index contributed by atoms with van der Waals surface area (Å²) in [6.45, 7) is 0. The fraction of sp³-hybridized carbons (Fsp3) is 0.300. The van der Waals surface area contributed by atoms with E-state index in [4.69, 9.17) is 5.73 Å². The predicted molar refractivity (Wildman–Crippen MR) is 58.4 cm³/mol. The van der Waals surface area contributed by atoms with Crippen molar-refractivity contribution >= 4 is 17.3 Å². The summed E-state index contributed by atoms with van der Waals surface area (Å²) in [5.74, 6) is -0.0423. The number of amides is 1. The first-order chi connectivity index (χ1) is 6.56. The number of benzene rings is 1. The van der Waals surface area contributed by atoms with E-state index < -0.39 is 0 Å². The Balaban J connectivity index is 3.03. The third kappa shape index (κ3) is 1.96. The standard InChI is InChI=1S/C10H15N3O/c1-12-9-5-4-7(6-8(9)11)10(14)13(2)3/h4-6,12H,11H2,1-3H3. The average molecular weight is 193 g/mol. The Kier molecular flexibility index (Phi) is 2.96. The Hall–Kier alpha value is -1.71. The van der Waals surface area contributed by atoms with Gasteiger partial charge in [0.15, 0.2) is 0 Å². The average Bonchev–Trinajstić information content (AvgIpc) is 2.16. The molecule has 1 aromatic rings. The molecule has 0 aliphatic heterocycles. The summed E-state index contributed by atoms with van der Waals surface area (Å²) in [6, 6.07) is 5.23. The van der Waals surface area contributed by atoms with Crippen molar-refractivity contribution in [2.75, 3.05) is 32.2 Å². The van der Waals surface area contributed by atoms with Crippen LogP contribution in [0.25, 0.3) is 0 Å². The number of rotatable bonds is 2. The lowest BCUT2D eigenvalue weighted by Gasteiger charge is -2.12. The molecule has 0 saturated carbocycles. The van der Waals surface area contributed by atoms with Gasteiger partial charge >= 0.3 is 0 Å². The van der Waals surface area contributed by atoms with Crippen LogP contribution in [0.4, 0.5) is 11.4 Å². The van der Waals surface area contributed by atoms with Crippen molar-refractivity contribution in [2.45, 2.75) is 0 Å². The van der Waals surface area contributed by atoms with Gasteiger partial charge in [-0.25, -0.2) is 0 Å². The molecule has 76 valence electrons. The van der Waals surface area contributed by atoms with Crippen LogP contribution in [0.2, 0.25) is 0 Å². The number of nitrogens with zero attached hydrogens (tertiary/aromatic N) is 1. The number of nitrogens with one attached hydrogen (secondary N) is 1. The summed E-state index contributed by atoms with van der Waals surface area (Å²) in [6.07, 6.45) is 0. The molecular formula is C10H15N3O. The molecule has 14 heavy (non-hydrogen) atoms. The maximum Gasteiger partial charge on any atom is 0.253 e. The molecule has 4 nitrogen and oxygen atoms in total. The van der Waals surface area contributed by atoms with Crippen LogP contribution >= 0.6 is 0 Å². The minimum Gasteiger partial charge on any atom is -0.397 e. The Morgan fingerprint density at radius 2 is 2.07 bits per heavy atom. The van der Waals surface area contributed by atoms with Crippen molar-refractivity contribution in [3.8, 4) is 0 Å². The number of hydrogen-bond acceptors (Lipinski definition) is 3. The fourth-order valence-electron chi connectivity index (χ4n) is 1.18. The molecule has 0 aliphatic carbocycles. The molecule has 0 aromatic heterocycles. The molecule has 0 atom stereocenters. The maximum atomic E-state index is 11.5. The Bertz CT molecular complexity index is 347. The molecule has 0 bridgehead atoms. The SMILES string of the molecule is CNc1ccc(C(=O)N(C)C)cc1N. The van der Waals surface area contributed by atoms with Gasteiger partial charge in [0.2, 0.25) is 0 Å². The third-order valence-corrected chi connectivity index (χ3v) is 1.97. The zero-order valence-corrected chi connectivity index (χ0v) is 8.66. The Morgan fingerprint density at radius 3 is 2.50 bits per heavy atom. The maximum absolute atomic E-state index is 11.5. The second kappa shape index (κ2) is 4.00. The van der Waals surface area contributed by atoms with Crippen LogP contribution in [0, 0.1) is 0 Å². The zero-order chi connectivity index (χ0) is 10.7. The van der Waals surface area contributed by atoms with Crippen LogP contribution in [0.1, 0.15) is 10.4 Å². The quantitative estimate of drug-likeness (QED) is 0.689. The normalized spacial score (nSPS) is 9.64. The molecule has 0 aliphatic rings. The van der Waals surface area contributed by atoms with Gasteiger partial charge in [-0.2, -0.15) is 0 Å². The number of carbonyl (C=O) groups excluding carboxylic acids is 1. The van der Waals surface area contributed by atoms with Gasteiger partial charge in [-0.3, -0.25) is 4.79 Å². The highest BCUT2D eigenvalue weighted by Crippen LogP contribution is 2.19. The van der Waals surface area contributed by atoms with E-state index >= 15 is 0 Å². The van der Waals surface area contributed by atoms with Gasteiger partial charge in [0, 0.05) is 26.7 Å². The van der Waals surface area contributed by atoms with E-state index in [9.17, 15) is 4.79 Å². The summed E-state index contributed by atoms with van der Waals surface area (Å²) in [5, 5.41) is 2.94. The van der Waals surface area contributed by atoms with E-state index in [1.807, 2.05) is 0 Å². The van der Waals surface area contributed by atoms with E-state index in [1.54, 1.807) is 39.3 Å². The number of carbonyl (C=O) groups is 1. The lowest BCUT2D eigenvalue weighted by atomic mass is 10.1. The smallest absolute Gasteiger partial charge is 0.253 e. The molecule has 0 spiro atoms. The lowest BCUT2D eigenvalue weighted by Crippen LogP contribution is -2.21. The molecule has 4 heteroatoms. The highest BCUT2D eigenvalue weighted by molar-refractivity contribution is 5.95. The first-order valence-corrected chi connectivity index (χ1v) is 4.35. The summed E-state index contributed by atoms with van der Waals surface area (Å²) in [4.78, 5) is 13.1. The van der Waals surface area contributed by atoms with Crippen molar-refractivity contribution in [2.24, 2.45) is 0 Å². The van der Waals surface area contributed by atoms with Crippen molar-refractivity contribution < 1.29 is 4.79 Å². The van der Waals surface area contributed by atoms with Gasteiger partial charge in [0.1, 0.15) is 0 Å². The molecule has 0 radical (unpaired) electrons. The molecule has 0 fully saturated rings. The number of nitrogens with two attached hydrogens (primary N) is 1. The van der Waals surface area contributed by atoms with Gasteiger partial charge in [-0.15, -0.1) is 0 Å². The second-order valence-corrected chi connectivity index (χ2v) is 3.25. The summed E-state index contributed by atoms with van der Waals surface area (Å²) >= 11 is 0. The Morgan fingerprint density at radius 1 is 1.43 bits per heavy atom. The lowest BCUT2D eigenvalue weighted by molar-refractivity contribution is 0.0827. The Labute approximate surface area is 83.7 Å². The summed E-state index contributed by atoms with van der Waals surface area (Å²) in [7, 11) is 5.22. The molecule has 0 saturated heterocycles. The number of nitrogen functional groups attached to an aromatic ring is 1. The third-order valence-electron chi connectivity index (χ3n) is 1.97. The van der Waals surface area contributed by atoms with Crippen molar-refractivity contribution in [1.29, 1.82) is 0 Å². The largest absolute Gasteiger partial charge is 0.397 e. The van der Waals surface area contributed by atoms with Crippen LogP contribution in [-0.4, -0.2) is 32.0 Å². The van der Waals surface area contributed by atoms with Crippen LogP contribution in [-0.2, 0) is 0 Å².